The van der Waals surface area contributed by atoms with Gasteiger partial charge in [-0.2, -0.15) is 0 Å². The number of hydrogen-bond acceptors (Lipinski definition) is 3. The van der Waals surface area contributed by atoms with Crippen molar-refractivity contribution in [1.82, 2.24) is 4.90 Å². The van der Waals surface area contributed by atoms with Gasteiger partial charge in [-0.1, -0.05) is 19.1 Å². The fourth-order valence-electron chi connectivity index (χ4n) is 3.07. The second-order valence-corrected chi connectivity index (χ2v) is 5.59. The van der Waals surface area contributed by atoms with Gasteiger partial charge in [-0.05, 0) is 44.0 Å². The molecule has 0 aromatic heterocycles. The molecule has 0 aliphatic carbocycles. The maximum absolute atomic E-state index is 13.2. The van der Waals surface area contributed by atoms with E-state index in [-0.39, 0.29) is 11.6 Å². The fourth-order valence-corrected chi connectivity index (χ4v) is 3.07. The maximum Gasteiger partial charge on any atom is 0.183 e. The molecule has 1 heterocycles. The summed E-state index contributed by atoms with van der Waals surface area (Å²) in [6.45, 7) is 6.79. The summed E-state index contributed by atoms with van der Waals surface area (Å²) in [6, 6.07) is 5.86. The van der Waals surface area contributed by atoms with Gasteiger partial charge >= 0.3 is 0 Å². The second-order valence-electron chi connectivity index (χ2n) is 5.59. The van der Waals surface area contributed by atoms with E-state index in [2.05, 4.69) is 4.90 Å². The Bertz CT molecular complexity index is 520. The highest BCUT2D eigenvalue weighted by molar-refractivity contribution is 6.03. The number of carbonyl (C=O) groups excluding carboxylic acids is 1. The van der Waals surface area contributed by atoms with Crippen LogP contribution in [0.3, 0.4) is 0 Å². The van der Waals surface area contributed by atoms with Crippen molar-refractivity contribution >= 4 is 5.78 Å². The van der Waals surface area contributed by atoms with Gasteiger partial charge in [0.1, 0.15) is 5.82 Å². The van der Waals surface area contributed by atoms with Gasteiger partial charge < -0.3 is 4.74 Å². The van der Waals surface area contributed by atoms with Crippen molar-refractivity contribution in [2.45, 2.75) is 32.2 Å². The number of benzene rings is 1. The largest absolute Gasteiger partial charge is 0.379 e. The standard InChI is InChI=1S/C18H24FNO2/c1-3-5-10-18(4-2,20-11-13-22-14-12-20)17(21)15-6-8-16(19)9-7-15/h3,5-9H,4,10-14H2,1-2H3/b5-3+. The molecule has 1 fully saturated rings. The molecule has 120 valence electrons. The number of halogens is 1. The molecule has 0 spiro atoms. The highest BCUT2D eigenvalue weighted by atomic mass is 19.1. The van der Waals surface area contributed by atoms with Gasteiger partial charge in [0.2, 0.25) is 0 Å². The van der Waals surface area contributed by atoms with Crippen LogP contribution in [0.4, 0.5) is 4.39 Å². The summed E-state index contributed by atoms with van der Waals surface area (Å²) in [4.78, 5) is 15.4. The molecular formula is C18H24FNO2. The van der Waals surface area contributed by atoms with E-state index in [0.717, 1.165) is 13.1 Å². The van der Waals surface area contributed by atoms with Crippen LogP contribution in [0.25, 0.3) is 0 Å². The number of ketones is 1. The molecule has 0 radical (unpaired) electrons. The average molecular weight is 305 g/mol. The molecule has 3 nitrogen and oxygen atoms in total. The molecule has 1 saturated heterocycles. The van der Waals surface area contributed by atoms with E-state index in [1.165, 1.54) is 12.1 Å². The van der Waals surface area contributed by atoms with Crippen LogP contribution < -0.4 is 0 Å². The molecule has 1 unspecified atom stereocenters. The molecule has 1 aliphatic rings. The third kappa shape index (κ3) is 3.45. The summed E-state index contributed by atoms with van der Waals surface area (Å²) in [5.41, 5.74) is -0.00653. The molecule has 2 rings (SSSR count). The van der Waals surface area contributed by atoms with Crippen molar-refractivity contribution in [3.8, 4) is 0 Å². The van der Waals surface area contributed by atoms with E-state index >= 15 is 0 Å². The van der Waals surface area contributed by atoms with Gasteiger partial charge in [0, 0.05) is 18.7 Å². The summed E-state index contributed by atoms with van der Waals surface area (Å²) < 4.78 is 18.6. The van der Waals surface area contributed by atoms with Gasteiger partial charge in [0.25, 0.3) is 0 Å². The Hall–Kier alpha value is -1.52. The Kier molecular flexibility index (Phi) is 5.86. The fraction of sp³-hybridized carbons (Fsp3) is 0.500. The monoisotopic (exact) mass is 305 g/mol. The molecule has 4 heteroatoms. The number of ether oxygens (including phenoxy) is 1. The van der Waals surface area contributed by atoms with Crippen LogP contribution in [0.2, 0.25) is 0 Å². The molecule has 1 atom stereocenters. The number of hydrogen-bond donors (Lipinski definition) is 0. The molecule has 22 heavy (non-hydrogen) atoms. The summed E-state index contributed by atoms with van der Waals surface area (Å²) in [5, 5.41) is 0. The smallest absolute Gasteiger partial charge is 0.183 e. The minimum atomic E-state index is -0.575. The summed E-state index contributed by atoms with van der Waals surface area (Å²) in [6.07, 6.45) is 5.40. The number of nitrogens with zero attached hydrogens (tertiary/aromatic N) is 1. The highest BCUT2D eigenvalue weighted by Gasteiger charge is 2.42. The number of allylic oxidation sites excluding steroid dienone is 1. The van der Waals surface area contributed by atoms with Crippen LogP contribution >= 0.6 is 0 Å². The lowest BCUT2D eigenvalue weighted by atomic mass is 9.81. The quantitative estimate of drug-likeness (QED) is 0.595. The first-order chi connectivity index (χ1) is 10.6. The summed E-state index contributed by atoms with van der Waals surface area (Å²) in [5.74, 6) is -0.256. The maximum atomic E-state index is 13.2. The minimum Gasteiger partial charge on any atom is -0.379 e. The first-order valence-corrected chi connectivity index (χ1v) is 7.88. The Morgan fingerprint density at radius 1 is 1.32 bits per heavy atom. The third-order valence-electron chi connectivity index (χ3n) is 4.42. The zero-order valence-electron chi connectivity index (χ0n) is 13.3. The third-order valence-corrected chi connectivity index (χ3v) is 4.42. The predicted molar refractivity (Wildman–Crippen MR) is 85.6 cm³/mol. The lowest BCUT2D eigenvalue weighted by molar-refractivity contribution is -0.0154. The topological polar surface area (TPSA) is 29.5 Å². The zero-order valence-corrected chi connectivity index (χ0v) is 13.3. The molecule has 1 aromatic carbocycles. The Balaban J connectivity index is 2.36. The van der Waals surface area contributed by atoms with Crippen molar-refractivity contribution in [2.24, 2.45) is 0 Å². The van der Waals surface area contributed by atoms with Crippen molar-refractivity contribution in [3.63, 3.8) is 0 Å². The van der Waals surface area contributed by atoms with Crippen molar-refractivity contribution in [2.75, 3.05) is 26.3 Å². The van der Waals surface area contributed by atoms with Crippen LogP contribution in [-0.4, -0.2) is 42.5 Å². The first kappa shape index (κ1) is 16.8. The summed E-state index contributed by atoms with van der Waals surface area (Å²) >= 11 is 0. The summed E-state index contributed by atoms with van der Waals surface area (Å²) in [7, 11) is 0. The lowest BCUT2D eigenvalue weighted by Gasteiger charge is -2.43. The van der Waals surface area contributed by atoms with Crippen molar-refractivity contribution in [3.05, 3.63) is 47.8 Å². The van der Waals surface area contributed by atoms with Crippen LogP contribution in [0.15, 0.2) is 36.4 Å². The number of morpholine rings is 1. The number of carbonyl (C=O) groups is 1. The van der Waals surface area contributed by atoms with E-state index < -0.39 is 5.54 Å². The molecule has 1 aromatic rings. The van der Waals surface area contributed by atoms with Gasteiger partial charge in [-0.3, -0.25) is 9.69 Å². The van der Waals surface area contributed by atoms with E-state index in [1.54, 1.807) is 12.1 Å². The predicted octanol–water partition coefficient (Wildman–Crippen LogP) is 3.46. The highest BCUT2D eigenvalue weighted by Crippen LogP contribution is 2.30. The normalized spacial score (nSPS) is 19.2. The van der Waals surface area contributed by atoms with Crippen LogP contribution in [0.5, 0.6) is 0 Å². The van der Waals surface area contributed by atoms with E-state index in [1.807, 2.05) is 26.0 Å². The molecule has 0 saturated carbocycles. The van der Waals surface area contributed by atoms with E-state index in [4.69, 9.17) is 4.74 Å². The van der Waals surface area contributed by atoms with Crippen molar-refractivity contribution in [1.29, 1.82) is 0 Å². The Morgan fingerprint density at radius 2 is 1.95 bits per heavy atom. The molecule has 0 amide bonds. The van der Waals surface area contributed by atoms with E-state index in [9.17, 15) is 9.18 Å². The number of Topliss-reactive ketones (excluding diaryl/α,β-unsaturated/α-hetero) is 1. The van der Waals surface area contributed by atoms with Crippen LogP contribution in [-0.2, 0) is 4.74 Å². The Labute approximate surface area is 131 Å². The average Bonchev–Trinajstić information content (AvgIpc) is 2.57. The van der Waals surface area contributed by atoms with Crippen LogP contribution in [0, 0.1) is 5.82 Å². The molecular weight excluding hydrogens is 281 g/mol. The van der Waals surface area contributed by atoms with Gasteiger partial charge in [-0.15, -0.1) is 0 Å². The minimum absolute atomic E-state index is 0.0648. The van der Waals surface area contributed by atoms with Gasteiger partial charge in [0.05, 0.1) is 18.8 Å². The van der Waals surface area contributed by atoms with E-state index in [0.29, 0.717) is 31.6 Å². The second kappa shape index (κ2) is 7.65. The Morgan fingerprint density at radius 3 is 2.50 bits per heavy atom. The molecule has 0 N–H and O–H groups in total. The van der Waals surface area contributed by atoms with Crippen LogP contribution in [0.1, 0.15) is 37.0 Å². The van der Waals surface area contributed by atoms with Crippen molar-refractivity contribution < 1.29 is 13.9 Å². The number of rotatable bonds is 6. The lowest BCUT2D eigenvalue weighted by Crippen LogP contribution is -2.57. The molecule has 0 bridgehead atoms. The zero-order chi connectivity index (χ0) is 16.0. The SMILES string of the molecule is C/C=C/CC(CC)(C(=O)c1ccc(F)cc1)N1CCOCC1. The first-order valence-electron chi connectivity index (χ1n) is 7.88. The molecule has 1 aliphatic heterocycles. The van der Waals surface area contributed by atoms with Gasteiger partial charge in [0.15, 0.2) is 5.78 Å². The van der Waals surface area contributed by atoms with Gasteiger partial charge in [-0.25, -0.2) is 4.39 Å².